The van der Waals surface area contributed by atoms with E-state index in [1.54, 1.807) is 50.2 Å². The maximum atomic E-state index is 12.5. The third-order valence-corrected chi connectivity index (χ3v) is 6.40. The average molecular weight is 515 g/mol. The number of carbonyl (C=O) groups is 2. The van der Waals surface area contributed by atoms with Crippen molar-refractivity contribution in [1.82, 2.24) is 20.9 Å². The Bertz CT molecular complexity index is 1220. The van der Waals surface area contributed by atoms with Crippen LogP contribution in [0.3, 0.4) is 0 Å². The van der Waals surface area contributed by atoms with E-state index in [2.05, 4.69) is 26.0 Å². The first kappa shape index (κ1) is 25.8. The topological polar surface area (TPSA) is 149 Å². The summed E-state index contributed by atoms with van der Waals surface area (Å²) in [7, 11) is 0. The number of benzene rings is 2. The molecule has 11 nitrogen and oxygen atoms in total. The minimum absolute atomic E-state index is 0.0862. The third-order valence-electron chi connectivity index (χ3n) is 4.45. The van der Waals surface area contributed by atoms with Crippen molar-refractivity contribution >= 4 is 47.0 Å². The molecule has 0 fully saturated rings. The second-order valence-electron chi connectivity index (χ2n) is 7.00. The molecule has 0 aliphatic heterocycles. The molecule has 2 aromatic carbocycles. The van der Waals surface area contributed by atoms with E-state index in [1.807, 2.05) is 6.07 Å². The Balaban J connectivity index is 1.65. The molecular formula is C22H22N6O5S2. The van der Waals surface area contributed by atoms with Crippen molar-refractivity contribution in [3.05, 3.63) is 74.8 Å². The summed E-state index contributed by atoms with van der Waals surface area (Å²) in [6.45, 7) is 3.69. The maximum Gasteiger partial charge on any atom is 0.407 e. The molecule has 1 heterocycles. The first-order chi connectivity index (χ1) is 16.9. The van der Waals surface area contributed by atoms with Crippen molar-refractivity contribution in [3.63, 3.8) is 0 Å². The van der Waals surface area contributed by atoms with Crippen molar-refractivity contribution in [2.45, 2.75) is 35.5 Å². The van der Waals surface area contributed by atoms with Gasteiger partial charge in [-0.2, -0.15) is 5.10 Å². The van der Waals surface area contributed by atoms with Gasteiger partial charge in [0.05, 0.1) is 35.1 Å². The van der Waals surface area contributed by atoms with E-state index in [0.717, 1.165) is 22.3 Å². The van der Waals surface area contributed by atoms with Gasteiger partial charge in [0.25, 0.3) is 5.69 Å². The van der Waals surface area contributed by atoms with E-state index < -0.39 is 23.0 Å². The molecule has 0 radical (unpaired) electrons. The van der Waals surface area contributed by atoms with Crippen molar-refractivity contribution in [2.24, 2.45) is 5.10 Å². The molecular weight excluding hydrogens is 492 g/mol. The molecule has 3 rings (SSSR count). The van der Waals surface area contributed by atoms with Gasteiger partial charge in [-0.15, -0.1) is 10.2 Å². The van der Waals surface area contributed by atoms with Crippen LogP contribution in [-0.2, 0) is 9.53 Å². The van der Waals surface area contributed by atoms with Crippen LogP contribution >= 0.6 is 23.1 Å². The summed E-state index contributed by atoms with van der Waals surface area (Å²) in [6.07, 6.45) is 0.591. The lowest BCUT2D eigenvalue weighted by molar-refractivity contribution is -0.387. The summed E-state index contributed by atoms with van der Waals surface area (Å²) in [4.78, 5) is 35.8. The number of nitro groups is 1. The number of aromatic nitrogens is 2. The smallest absolute Gasteiger partial charge is 0.407 e. The van der Waals surface area contributed by atoms with E-state index in [0.29, 0.717) is 14.8 Å². The first-order valence-corrected chi connectivity index (χ1v) is 12.1. The van der Waals surface area contributed by atoms with Gasteiger partial charge in [0.15, 0.2) is 4.34 Å². The minimum Gasteiger partial charge on any atom is -0.450 e. The predicted octanol–water partition coefficient (Wildman–Crippen LogP) is 4.23. The molecule has 0 unspecified atom stereocenters. The number of hydrogen-bond donors (Lipinski definition) is 2. The van der Waals surface area contributed by atoms with E-state index in [1.165, 1.54) is 23.6 Å². The molecule has 1 aromatic heterocycles. The highest BCUT2D eigenvalue weighted by atomic mass is 32.2. The molecule has 13 heteroatoms. The van der Waals surface area contributed by atoms with Crippen LogP contribution < -0.4 is 10.7 Å². The first-order valence-electron chi connectivity index (χ1n) is 10.4. The summed E-state index contributed by atoms with van der Waals surface area (Å²) < 4.78 is 5.52. The fourth-order valence-corrected chi connectivity index (χ4v) is 4.78. The number of amides is 2. The van der Waals surface area contributed by atoms with Gasteiger partial charge >= 0.3 is 6.09 Å². The molecule has 0 aliphatic carbocycles. The number of carbonyl (C=O) groups excluding carboxylic acids is 2. The zero-order valence-corrected chi connectivity index (χ0v) is 20.5. The van der Waals surface area contributed by atoms with Crippen LogP contribution in [-0.4, -0.2) is 39.9 Å². The number of nitro benzene ring substituents is 1. The number of hydrogen-bond acceptors (Lipinski definition) is 10. The highest BCUT2D eigenvalue weighted by molar-refractivity contribution is 8.01. The Morgan fingerprint density at radius 1 is 1.26 bits per heavy atom. The fraction of sp³-hybridized carbons (Fsp3) is 0.227. The number of alkyl carbamates (subject to hydrolysis) is 1. The van der Waals surface area contributed by atoms with Gasteiger partial charge in [-0.25, -0.2) is 10.2 Å². The molecule has 182 valence electrons. The second-order valence-corrected chi connectivity index (χ2v) is 9.47. The van der Waals surface area contributed by atoms with Crippen LogP contribution in [0.4, 0.5) is 10.5 Å². The van der Waals surface area contributed by atoms with Gasteiger partial charge in [-0.3, -0.25) is 14.9 Å². The van der Waals surface area contributed by atoms with Crippen LogP contribution in [0.1, 0.15) is 35.5 Å². The zero-order valence-electron chi connectivity index (χ0n) is 18.8. The van der Waals surface area contributed by atoms with Gasteiger partial charge in [0.1, 0.15) is 5.01 Å². The SMILES string of the molecule is CCOC(=O)N[C@@H](CC(=O)N/N=C\c1ccc(Sc2nnc(C)s2)c([N+](=O)[O-])c1)c1ccccc1. The number of nitrogens with one attached hydrogen (secondary N) is 2. The lowest BCUT2D eigenvalue weighted by atomic mass is 10.0. The third kappa shape index (κ3) is 7.86. The van der Waals surface area contributed by atoms with E-state index >= 15 is 0 Å². The van der Waals surface area contributed by atoms with Gasteiger partial charge in [-0.1, -0.05) is 59.5 Å². The van der Waals surface area contributed by atoms with Crippen LogP contribution in [0.15, 0.2) is 62.9 Å². The van der Waals surface area contributed by atoms with Crippen molar-refractivity contribution in [3.8, 4) is 0 Å². The fourth-order valence-electron chi connectivity index (χ4n) is 2.92. The number of ether oxygens (including phenoxy) is 1. The monoisotopic (exact) mass is 514 g/mol. The van der Waals surface area contributed by atoms with Crippen LogP contribution in [0.25, 0.3) is 0 Å². The van der Waals surface area contributed by atoms with Crippen LogP contribution in [0.2, 0.25) is 0 Å². The Kier molecular flexibility index (Phi) is 9.26. The molecule has 2 N–H and O–H groups in total. The summed E-state index contributed by atoms with van der Waals surface area (Å²) in [5, 5.41) is 26.8. The van der Waals surface area contributed by atoms with Gasteiger partial charge in [0.2, 0.25) is 5.91 Å². The summed E-state index contributed by atoms with van der Waals surface area (Å²) in [5.74, 6) is -0.458. The van der Waals surface area contributed by atoms with Crippen molar-refractivity contribution in [1.29, 1.82) is 0 Å². The highest BCUT2D eigenvalue weighted by Crippen LogP contribution is 2.36. The Morgan fingerprint density at radius 2 is 2.03 bits per heavy atom. The number of hydrazone groups is 1. The molecule has 0 aliphatic rings. The normalized spacial score (nSPS) is 11.7. The van der Waals surface area contributed by atoms with Crippen molar-refractivity contribution < 1.29 is 19.2 Å². The Hall–Kier alpha value is -3.84. The number of rotatable bonds is 10. The molecule has 35 heavy (non-hydrogen) atoms. The molecule has 1 atom stereocenters. The number of aryl methyl sites for hydroxylation is 1. The molecule has 2 amide bonds. The lowest BCUT2D eigenvalue weighted by Gasteiger charge is -2.18. The van der Waals surface area contributed by atoms with Gasteiger partial charge < -0.3 is 10.1 Å². The second kappa shape index (κ2) is 12.6. The van der Waals surface area contributed by atoms with E-state index in [-0.39, 0.29) is 18.7 Å². The van der Waals surface area contributed by atoms with E-state index in [4.69, 9.17) is 4.74 Å². The standard InChI is InChI=1S/C22H22N6O5S2/c1-3-33-21(30)24-17(16-7-5-4-6-8-16)12-20(29)26-23-13-15-9-10-19(18(11-15)28(31)32)35-22-27-25-14(2)34-22/h4-11,13,17H,3,12H2,1-2H3,(H,24,30)(H,26,29)/b23-13-/t17-/m0/s1. The summed E-state index contributed by atoms with van der Waals surface area (Å²) >= 11 is 2.50. The van der Waals surface area contributed by atoms with Crippen molar-refractivity contribution in [2.75, 3.05) is 6.61 Å². The summed E-state index contributed by atoms with van der Waals surface area (Å²) in [6, 6.07) is 13.0. The highest BCUT2D eigenvalue weighted by Gasteiger charge is 2.19. The quantitative estimate of drug-likeness (QED) is 0.232. The largest absolute Gasteiger partial charge is 0.450 e. The predicted molar refractivity (Wildman–Crippen MR) is 132 cm³/mol. The Labute approximate surface area is 209 Å². The van der Waals surface area contributed by atoms with Gasteiger partial charge in [-0.05, 0) is 25.5 Å². The zero-order chi connectivity index (χ0) is 25.2. The van der Waals surface area contributed by atoms with Gasteiger partial charge in [0, 0.05) is 11.6 Å². The summed E-state index contributed by atoms with van der Waals surface area (Å²) in [5.41, 5.74) is 3.44. The van der Waals surface area contributed by atoms with E-state index in [9.17, 15) is 19.7 Å². The minimum atomic E-state index is -0.633. The average Bonchev–Trinajstić information content (AvgIpc) is 3.24. The number of nitrogens with zero attached hydrogens (tertiary/aromatic N) is 4. The molecule has 0 spiro atoms. The maximum absolute atomic E-state index is 12.5. The molecule has 0 bridgehead atoms. The van der Waals surface area contributed by atoms with Crippen LogP contribution in [0.5, 0.6) is 0 Å². The lowest BCUT2D eigenvalue weighted by Crippen LogP contribution is -2.33. The molecule has 0 saturated heterocycles. The molecule has 0 saturated carbocycles. The Morgan fingerprint density at radius 3 is 2.69 bits per heavy atom. The molecule has 3 aromatic rings. The van der Waals surface area contributed by atoms with Crippen LogP contribution in [0, 0.1) is 17.0 Å².